The quantitative estimate of drug-likeness (QED) is 0.843. The van der Waals surface area contributed by atoms with Gasteiger partial charge in [0.25, 0.3) is 5.91 Å². The van der Waals surface area contributed by atoms with Gasteiger partial charge in [0, 0.05) is 31.1 Å². The largest absolute Gasteiger partial charge is 0.336 e. The Morgan fingerprint density at radius 3 is 2.67 bits per heavy atom. The van der Waals surface area contributed by atoms with Crippen LogP contribution in [0.25, 0.3) is 0 Å². The number of rotatable bonds is 2. The molecule has 0 aromatic carbocycles. The molecule has 0 aliphatic carbocycles. The summed E-state index contributed by atoms with van der Waals surface area (Å²) in [4.78, 5) is 22.8. The maximum absolute atomic E-state index is 12.9. The van der Waals surface area contributed by atoms with Crippen molar-refractivity contribution in [1.29, 1.82) is 0 Å². The van der Waals surface area contributed by atoms with Gasteiger partial charge in [-0.05, 0) is 33.2 Å². The molecule has 0 unspecified atom stereocenters. The molecule has 116 valence electrons. The highest BCUT2D eigenvalue weighted by molar-refractivity contribution is 7.13. The van der Waals surface area contributed by atoms with E-state index in [1.807, 2.05) is 6.92 Å². The molecule has 4 nitrogen and oxygen atoms in total. The number of fused-ring (bicyclic) bond motifs is 2. The monoisotopic (exact) mass is 307 g/mol. The Morgan fingerprint density at radius 2 is 2.00 bits per heavy atom. The van der Waals surface area contributed by atoms with Crippen LogP contribution in [-0.2, 0) is 0 Å². The lowest BCUT2D eigenvalue weighted by Crippen LogP contribution is -2.39. The molecule has 1 aromatic rings. The van der Waals surface area contributed by atoms with Crippen LogP contribution in [0.15, 0.2) is 0 Å². The standard InChI is InChI=1S/C16H25N3OS/c1-10(2)15-17-11(3)14(21-15)16(20)19-8-7-12-5-6-13(9-19)18(12)4/h10,12-13H,5-9H2,1-4H3/t12-,13+/m0/s1. The van der Waals surface area contributed by atoms with Crippen molar-refractivity contribution in [1.82, 2.24) is 14.8 Å². The number of likely N-dealkylation sites (tertiary alicyclic amines) is 1. The average molecular weight is 307 g/mol. The number of likely N-dealkylation sites (N-methyl/N-ethyl adjacent to an activating group) is 1. The summed E-state index contributed by atoms with van der Waals surface area (Å²) in [6, 6.07) is 1.21. The number of hydrogen-bond acceptors (Lipinski definition) is 4. The van der Waals surface area contributed by atoms with Crippen molar-refractivity contribution >= 4 is 17.2 Å². The first kappa shape index (κ1) is 15.0. The van der Waals surface area contributed by atoms with Gasteiger partial charge in [-0.2, -0.15) is 0 Å². The molecule has 0 saturated carbocycles. The van der Waals surface area contributed by atoms with E-state index in [2.05, 4.69) is 35.7 Å². The molecule has 1 aromatic heterocycles. The van der Waals surface area contributed by atoms with E-state index < -0.39 is 0 Å². The molecular formula is C16H25N3OS. The normalized spacial score (nSPS) is 26.4. The van der Waals surface area contributed by atoms with Crippen molar-refractivity contribution in [2.45, 2.75) is 58.0 Å². The maximum Gasteiger partial charge on any atom is 0.265 e. The van der Waals surface area contributed by atoms with Crippen molar-refractivity contribution in [3.63, 3.8) is 0 Å². The van der Waals surface area contributed by atoms with Crippen molar-refractivity contribution in [2.75, 3.05) is 20.1 Å². The number of carbonyl (C=O) groups excluding carboxylic acids is 1. The van der Waals surface area contributed by atoms with Crippen molar-refractivity contribution < 1.29 is 4.79 Å². The smallest absolute Gasteiger partial charge is 0.265 e. The Hall–Kier alpha value is -0.940. The molecule has 0 radical (unpaired) electrons. The number of carbonyl (C=O) groups is 1. The lowest BCUT2D eigenvalue weighted by molar-refractivity contribution is 0.0744. The Morgan fingerprint density at radius 1 is 1.29 bits per heavy atom. The van der Waals surface area contributed by atoms with Crippen LogP contribution in [0.4, 0.5) is 0 Å². The first-order valence-corrected chi connectivity index (χ1v) is 8.77. The van der Waals surface area contributed by atoms with Crippen LogP contribution in [-0.4, -0.2) is 52.9 Å². The highest BCUT2D eigenvalue weighted by Gasteiger charge is 2.36. The number of hydrogen-bond donors (Lipinski definition) is 0. The zero-order valence-electron chi connectivity index (χ0n) is 13.4. The molecule has 0 spiro atoms. The summed E-state index contributed by atoms with van der Waals surface area (Å²) in [6.45, 7) is 7.99. The summed E-state index contributed by atoms with van der Waals surface area (Å²) in [7, 11) is 2.21. The molecule has 2 atom stereocenters. The third-order valence-electron chi connectivity index (χ3n) is 4.94. The second-order valence-electron chi connectivity index (χ2n) is 6.71. The third-order valence-corrected chi connectivity index (χ3v) is 6.38. The van der Waals surface area contributed by atoms with Gasteiger partial charge in [0.1, 0.15) is 4.88 Å². The molecule has 2 saturated heterocycles. The summed E-state index contributed by atoms with van der Waals surface area (Å²) in [5, 5.41) is 1.07. The summed E-state index contributed by atoms with van der Waals surface area (Å²) >= 11 is 1.58. The van der Waals surface area contributed by atoms with E-state index in [-0.39, 0.29) is 5.91 Å². The fraction of sp³-hybridized carbons (Fsp3) is 0.750. The maximum atomic E-state index is 12.9. The van der Waals surface area contributed by atoms with Crippen LogP contribution in [0.1, 0.15) is 59.4 Å². The highest BCUT2D eigenvalue weighted by Crippen LogP contribution is 2.31. The third kappa shape index (κ3) is 2.73. The second-order valence-corrected chi connectivity index (χ2v) is 7.74. The van der Waals surface area contributed by atoms with Gasteiger partial charge in [0.2, 0.25) is 0 Å². The van der Waals surface area contributed by atoms with Gasteiger partial charge < -0.3 is 4.90 Å². The lowest BCUT2D eigenvalue weighted by atomic mass is 10.1. The summed E-state index contributed by atoms with van der Waals surface area (Å²) in [6.07, 6.45) is 3.62. The second kappa shape index (κ2) is 5.69. The molecule has 3 heterocycles. The molecule has 3 rings (SSSR count). The van der Waals surface area contributed by atoms with E-state index in [1.165, 1.54) is 12.8 Å². The minimum Gasteiger partial charge on any atom is -0.336 e. The van der Waals surface area contributed by atoms with E-state index in [0.29, 0.717) is 18.0 Å². The van der Waals surface area contributed by atoms with Crippen molar-refractivity contribution in [3.05, 3.63) is 15.6 Å². The van der Waals surface area contributed by atoms with Crippen molar-refractivity contribution in [2.24, 2.45) is 0 Å². The first-order valence-electron chi connectivity index (χ1n) is 7.96. The van der Waals surface area contributed by atoms with Gasteiger partial charge in [-0.1, -0.05) is 13.8 Å². The van der Waals surface area contributed by atoms with Gasteiger partial charge in [-0.3, -0.25) is 9.69 Å². The molecule has 2 bridgehead atoms. The summed E-state index contributed by atoms with van der Waals surface area (Å²) < 4.78 is 0. The first-order chi connectivity index (χ1) is 9.97. The molecule has 1 amide bonds. The van der Waals surface area contributed by atoms with Gasteiger partial charge in [-0.15, -0.1) is 11.3 Å². The van der Waals surface area contributed by atoms with E-state index in [1.54, 1.807) is 11.3 Å². The number of aryl methyl sites for hydroxylation is 1. The van der Waals surface area contributed by atoms with Crippen LogP contribution in [0.3, 0.4) is 0 Å². The topological polar surface area (TPSA) is 36.4 Å². The van der Waals surface area contributed by atoms with Gasteiger partial charge in [0.05, 0.1) is 10.7 Å². The Kier molecular flexibility index (Phi) is 4.06. The number of thiazole rings is 1. The number of aromatic nitrogens is 1. The molecule has 21 heavy (non-hydrogen) atoms. The predicted octanol–water partition coefficient (Wildman–Crippen LogP) is 2.88. The fourth-order valence-corrected chi connectivity index (χ4v) is 4.54. The van der Waals surface area contributed by atoms with E-state index in [4.69, 9.17) is 0 Å². The van der Waals surface area contributed by atoms with Crippen LogP contribution in [0.5, 0.6) is 0 Å². The number of amides is 1. The van der Waals surface area contributed by atoms with E-state index in [0.717, 1.165) is 35.1 Å². The molecule has 0 N–H and O–H groups in total. The Labute approximate surface area is 131 Å². The van der Waals surface area contributed by atoms with Crippen molar-refractivity contribution in [3.8, 4) is 0 Å². The van der Waals surface area contributed by atoms with Crippen LogP contribution >= 0.6 is 11.3 Å². The fourth-order valence-electron chi connectivity index (χ4n) is 3.50. The minimum atomic E-state index is 0.192. The summed E-state index contributed by atoms with van der Waals surface area (Å²) in [5.74, 6) is 0.583. The molecule has 2 fully saturated rings. The molecule has 2 aliphatic heterocycles. The van der Waals surface area contributed by atoms with Gasteiger partial charge in [0.15, 0.2) is 0 Å². The SMILES string of the molecule is Cc1nc(C(C)C)sc1C(=O)N1CC[C@@H]2CC[C@H](C1)N2C. The Bertz CT molecular complexity index is 540. The van der Waals surface area contributed by atoms with Gasteiger partial charge in [-0.25, -0.2) is 4.98 Å². The Balaban J connectivity index is 1.79. The average Bonchev–Trinajstić information content (AvgIpc) is 2.90. The highest BCUT2D eigenvalue weighted by atomic mass is 32.1. The van der Waals surface area contributed by atoms with E-state index in [9.17, 15) is 4.79 Å². The molecule has 5 heteroatoms. The minimum absolute atomic E-state index is 0.192. The predicted molar refractivity (Wildman–Crippen MR) is 86.0 cm³/mol. The van der Waals surface area contributed by atoms with Gasteiger partial charge >= 0.3 is 0 Å². The van der Waals surface area contributed by atoms with Crippen LogP contribution in [0.2, 0.25) is 0 Å². The zero-order chi connectivity index (χ0) is 15.1. The molecule has 2 aliphatic rings. The van der Waals surface area contributed by atoms with Crippen LogP contribution < -0.4 is 0 Å². The molecular weight excluding hydrogens is 282 g/mol. The zero-order valence-corrected chi connectivity index (χ0v) is 14.2. The number of nitrogens with zero attached hydrogens (tertiary/aromatic N) is 3. The van der Waals surface area contributed by atoms with Crippen LogP contribution in [0, 0.1) is 6.92 Å². The van der Waals surface area contributed by atoms with E-state index >= 15 is 0 Å². The summed E-state index contributed by atoms with van der Waals surface area (Å²) in [5.41, 5.74) is 0.900. The lowest BCUT2D eigenvalue weighted by Gasteiger charge is -2.25.